The van der Waals surface area contributed by atoms with Crippen molar-refractivity contribution in [3.63, 3.8) is 0 Å². The second-order valence-electron chi connectivity index (χ2n) is 5.78. The van der Waals surface area contributed by atoms with E-state index in [0.29, 0.717) is 6.04 Å². The van der Waals surface area contributed by atoms with E-state index in [1.165, 1.54) is 16.8 Å². The molecule has 2 rings (SSSR count). The van der Waals surface area contributed by atoms with Crippen molar-refractivity contribution in [3.8, 4) is 0 Å². The van der Waals surface area contributed by atoms with Crippen LogP contribution in [0.1, 0.15) is 37.7 Å². The summed E-state index contributed by atoms with van der Waals surface area (Å²) in [6, 6.07) is 11.3. The highest BCUT2D eigenvalue weighted by molar-refractivity contribution is 5.47. The lowest BCUT2D eigenvalue weighted by atomic mass is 10.1. The molecule has 114 valence electrons. The number of anilines is 1. The van der Waals surface area contributed by atoms with E-state index in [2.05, 4.69) is 68.4 Å². The lowest BCUT2D eigenvalue weighted by Gasteiger charge is -2.20. The summed E-state index contributed by atoms with van der Waals surface area (Å²) in [5, 5.41) is 3.40. The first kappa shape index (κ1) is 15.6. The van der Waals surface area contributed by atoms with Crippen molar-refractivity contribution in [3.05, 3.63) is 53.5 Å². The van der Waals surface area contributed by atoms with Crippen molar-refractivity contribution >= 4 is 5.69 Å². The van der Waals surface area contributed by atoms with Crippen LogP contribution in [0.3, 0.4) is 0 Å². The molecule has 2 aromatic rings. The fraction of sp³-hybridized carbons (Fsp3) is 0.444. The highest BCUT2D eigenvalue weighted by atomic mass is 16.3. The molecular formula is C18H26N2O. The number of furan rings is 1. The summed E-state index contributed by atoms with van der Waals surface area (Å²) in [6.45, 7) is 8.10. The molecule has 0 radical (unpaired) electrons. The van der Waals surface area contributed by atoms with Crippen molar-refractivity contribution < 1.29 is 4.42 Å². The van der Waals surface area contributed by atoms with Gasteiger partial charge in [0.2, 0.25) is 0 Å². The second-order valence-corrected chi connectivity index (χ2v) is 5.78. The van der Waals surface area contributed by atoms with Crippen LogP contribution >= 0.6 is 0 Å². The average Bonchev–Trinajstić information content (AvgIpc) is 2.92. The summed E-state index contributed by atoms with van der Waals surface area (Å²) >= 11 is 0. The Hall–Kier alpha value is -1.74. The predicted molar refractivity (Wildman–Crippen MR) is 88.6 cm³/mol. The van der Waals surface area contributed by atoms with Crippen LogP contribution in [0.5, 0.6) is 0 Å². The van der Waals surface area contributed by atoms with E-state index >= 15 is 0 Å². The van der Waals surface area contributed by atoms with E-state index < -0.39 is 0 Å². The Balaban J connectivity index is 2.01. The first-order valence-corrected chi connectivity index (χ1v) is 7.68. The second kappa shape index (κ2) is 7.32. The lowest BCUT2D eigenvalue weighted by molar-refractivity contribution is 0.460. The molecule has 1 aromatic carbocycles. The monoisotopic (exact) mass is 286 g/mol. The van der Waals surface area contributed by atoms with Crippen LogP contribution in [0.15, 0.2) is 41.0 Å². The fourth-order valence-electron chi connectivity index (χ4n) is 2.29. The molecule has 0 amide bonds. The minimum absolute atomic E-state index is 0.460. The van der Waals surface area contributed by atoms with Crippen LogP contribution in [0.25, 0.3) is 0 Å². The standard InChI is InChI=1S/C18H26N2O/c1-5-15-6-8-17(9-7-15)20(4)13-16-10-11-21-18(16)12-19-14(2)3/h6-11,14,19H,5,12-13H2,1-4H3. The lowest BCUT2D eigenvalue weighted by Crippen LogP contribution is -2.23. The molecule has 1 heterocycles. The van der Waals surface area contributed by atoms with Crippen LogP contribution in [0.4, 0.5) is 5.69 Å². The molecule has 0 fully saturated rings. The predicted octanol–water partition coefficient (Wildman–Crippen LogP) is 3.98. The van der Waals surface area contributed by atoms with Gasteiger partial charge in [-0.2, -0.15) is 0 Å². The highest BCUT2D eigenvalue weighted by Crippen LogP contribution is 2.19. The molecule has 0 atom stereocenters. The van der Waals surface area contributed by atoms with Gasteiger partial charge in [0.1, 0.15) is 5.76 Å². The van der Waals surface area contributed by atoms with Crippen molar-refractivity contribution in [2.24, 2.45) is 0 Å². The number of nitrogens with zero attached hydrogens (tertiary/aromatic N) is 1. The summed E-state index contributed by atoms with van der Waals surface area (Å²) in [5.41, 5.74) is 3.85. The van der Waals surface area contributed by atoms with Crippen LogP contribution in [0.2, 0.25) is 0 Å². The number of hydrogen-bond acceptors (Lipinski definition) is 3. The van der Waals surface area contributed by atoms with E-state index in [9.17, 15) is 0 Å². The van der Waals surface area contributed by atoms with E-state index in [1.807, 2.05) is 0 Å². The molecule has 0 unspecified atom stereocenters. The first-order chi connectivity index (χ1) is 10.1. The zero-order chi connectivity index (χ0) is 15.2. The summed E-state index contributed by atoms with van der Waals surface area (Å²) in [7, 11) is 2.12. The molecule has 1 N–H and O–H groups in total. The molecular weight excluding hydrogens is 260 g/mol. The molecule has 3 heteroatoms. The molecule has 0 aliphatic carbocycles. The Kier molecular flexibility index (Phi) is 5.45. The molecule has 0 saturated carbocycles. The van der Waals surface area contributed by atoms with Crippen LogP contribution in [-0.2, 0) is 19.5 Å². The van der Waals surface area contributed by atoms with Crippen molar-refractivity contribution in [2.45, 2.75) is 46.3 Å². The van der Waals surface area contributed by atoms with Crippen molar-refractivity contribution in [1.82, 2.24) is 5.32 Å². The molecule has 0 saturated heterocycles. The molecule has 0 aliphatic rings. The number of nitrogens with one attached hydrogen (secondary N) is 1. The maximum absolute atomic E-state index is 5.60. The normalized spacial score (nSPS) is 11.1. The fourth-order valence-corrected chi connectivity index (χ4v) is 2.29. The number of rotatable bonds is 7. The van der Waals surface area contributed by atoms with E-state index in [0.717, 1.165) is 25.3 Å². The maximum atomic E-state index is 5.60. The minimum atomic E-state index is 0.460. The summed E-state index contributed by atoms with van der Waals surface area (Å²) in [4.78, 5) is 2.25. The van der Waals surface area contributed by atoms with Gasteiger partial charge in [-0.05, 0) is 30.2 Å². The van der Waals surface area contributed by atoms with Gasteiger partial charge in [-0.25, -0.2) is 0 Å². The van der Waals surface area contributed by atoms with Gasteiger partial charge in [-0.3, -0.25) is 0 Å². The smallest absolute Gasteiger partial charge is 0.122 e. The minimum Gasteiger partial charge on any atom is -0.468 e. The summed E-state index contributed by atoms with van der Waals surface area (Å²) in [6.07, 6.45) is 2.86. The van der Waals surface area contributed by atoms with Gasteiger partial charge in [0.15, 0.2) is 0 Å². The summed E-state index contributed by atoms with van der Waals surface area (Å²) < 4.78 is 5.60. The van der Waals surface area contributed by atoms with Gasteiger partial charge >= 0.3 is 0 Å². The Labute approximate surface area is 128 Å². The average molecular weight is 286 g/mol. The molecule has 0 spiro atoms. The van der Waals surface area contributed by atoms with E-state index in [1.54, 1.807) is 6.26 Å². The van der Waals surface area contributed by atoms with Crippen LogP contribution in [0, 0.1) is 0 Å². The van der Waals surface area contributed by atoms with Gasteiger partial charge in [0, 0.05) is 30.9 Å². The molecule has 0 bridgehead atoms. The number of hydrogen-bond donors (Lipinski definition) is 1. The third-order valence-electron chi connectivity index (χ3n) is 3.70. The molecule has 1 aromatic heterocycles. The Morgan fingerprint density at radius 2 is 1.86 bits per heavy atom. The topological polar surface area (TPSA) is 28.4 Å². The van der Waals surface area contributed by atoms with E-state index in [4.69, 9.17) is 4.42 Å². The molecule has 0 aliphatic heterocycles. The number of aryl methyl sites for hydroxylation is 1. The Bertz CT molecular complexity index is 543. The molecule has 21 heavy (non-hydrogen) atoms. The van der Waals surface area contributed by atoms with Gasteiger partial charge in [0.05, 0.1) is 12.8 Å². The third kappa shape index (κ3) is 4.36. The Morgan fingerprint density at radius 3 is 2.48 bits per heavy atom. The van der Waals surface area contributed by atoms with Crippen molar-refractivity contribution in [1.29, 1.82) is 0 Å². The van der Waals surface area contributed by atoms with Gasteiger partial charge in [0.25, 0.3) is 0 Å². The van der Waals surface area contributed by atoms with Crippen LogP contribution < -0.4 is 10.2 Å². The zero-order valence-electron chi connectivity index (χ0n) is 13.5. The third-order valence-corrected chi connectivity index (χ3v) is 3.70. The highest BCUT2D eigenvalue weighted by Gasteiger charge is 2.10. The SMILES string of the molecule is CCc1ccc(N(C)Cc2ccoc2CNC(C)C)cc1. The van der Waals surface area contributed by atoms with E-state index in [-0.39, 0.29) is 0 Å². The maximum Gasteiger partial charge on any atom is 0.122 e. The van der Waals surface area contributed by atoms with Gasteiger partial charge < -0.3 is 14.6 Å². The largest absolute Gasteiger partial charge is 0.468 e. The Morgan fingerprint density at radius 1 is 1.14 bits per heavy atom. The molecule has 3 nitrogen and oxygen atoms in total. The van der Waals surface area contributed by atoms with Gasteiger partial charge in [-0.1, -0.05) is 32.9 Å². The van der Waals surface area contributed by atoms with Crippen LogP contribution in [-0.4, -0.2) is 13.1 Å². The summed E-state index contributed by atoms with van der Waals surface area (Å²) in [5.74, 6) is 1.03. The van der Waals surface area contributed by atoms with Crippen molar-refractivity contribution in [2.75, 3.05) is 11.9 Å². The quantitative estimate of drug-likeness (QED) is 0.834. The zero-order valence-corrected chi connectivity index (χ0v) is 13.5. The van der Waals surface area contributed by atoms with Gasteiger partial charge in [-0.15, -0.1) is 0 Å². The number of benzene rings is 1. The first-order valence-electron chi connectivity index (χ1n) is 7.68.